The third-order valence-corrected chi connectivity index (χ3v) is 5.98. The van der Waals surface area contributed by atoms with Crippen LogP contribution in [0.25, 0.3) is 0 Å². The second-order valence-corrected chi connectivity index (χ2v) is 8.00. The van der Waals surface area contributed by atoms with Crippen LogP contribution in [0.15, 0.2) is 39.7 Å². The highest BCUT2D eigenvalue weighted by Gasteiger charge is 2.16. The SMILES string of the molecule is CCc1ccc(CNS(=O)(=O)c2ccc(Br)c(F)c2)s1. The summed E-state index contributed by atoms with van der Waals surface area (Å²) in [5, 5.41) is 0. The van der Waals surface area contributed by atoms with Gasteiger partial charge in [-0.1, -0.05) is 6.92 Å². The van der Waals surface area contributed by atoms with Gasteiger partial charge in [-0.2, -0.15) is 0 Å². The van der Waals surface area contributed by atoms with Gasteiger partial charge in [-0.3, -0.25) is 0 Å². The maximum atomic E-state index is 13.4. The van der Waals surface area contributed by atoms with E-state index in [-0.39, 0.29) is 15.9 Å². The van der Waals surface area contributed by atoms with Crippen LogP contribution < -0.4 is 4.72 Å². The van der Waals surface area contributed by atoms with Crippen molar-refractivity contribution in [2.75, 3.05) is 0 Å². The van der Waals surface area contributed by atoms with Crippen molar-refractivity contribution >= 4 is 37.3 Å². The van der Waals surface area contributed by atoms with E-state index >= 15 is 0 Å². The van der Waals surface area contributed by atoms with Gasteiger partial charge in [0, 0.05) is 16.3 Å². The van der Waals surface area contributed by atoms with Crippen molar-refractivity contribution in [3.05, 3.63) is 50.4 Å². The lowest BCUT2D eigenvalue weighted by atomic mass is 10.3. The molecule has 0 saturated heterocycles. The Bertz CT molecular complexity index is 713. The lowest BCUT2D eigenvalue weighted by molar-refractivity contribution is 0.577. The Morgan fingerprint density at radius 3 is 2.55 bits per heavy atom. The van der Waals surface area contributed by atoms with E-state index in [0.717, 1.165) is 17.4 Å². The molecule has 0 saturated carbocycles. The molecule has 0 bridgehead atoms. The molecular formula is C13H13BrFNO2S2. The molecule has 0 unspecified atom stereocenters. The molecule has 7 heteroatoms. The monoisotopic (exact) mass is 377 g/mol. The van der Waals surface area contributed by atoms with E-state index in [0.29, 0.717) is 0 Å². The first-order valence-corrected chi connectivity index (χ1v) is 9.04. The average Bonchev–Trinajstić information content (AvgIpc) is 2.87. The lowest BCUT2D eigenvalue weighted by Crippen LogP contribution is -2.22. The summed E-state index contributed by atoms with van der Waals surface area (Å²) in [5.74, 6) is -0.600. The second-order valence-electron chi connectivity index (χ2n) is 4.12. The van der Waals surface area contributed by atoms with Crippen LogP contribution in [-0.2, 0) is 23.0 Å². The molecule has 1 aromatic heterocycles. The zero-order chi connectivity index (χ0) is 14.8. The topological polar surface area (TPSA) is 46.2 Å². The van der Waals surface area contributed by atoms with Gasteiger partial charge in [-0.05, 0) is 52.7 Å². The molecule has 0 atom stereocenters. The van der Waals surface area contributed by atoms with Gasteiger partial charge in [0.1, 0.15) is 5.82 Å². The van der Waals surface area contributed by atoms with E-state index in [2.05, 4.69) is 20.7 Å². The van der Waals surface area contributed by atoms with Crippen LogP contribution in [0.3, 0.4) is 0 Å². The molecule has 0 aliphatic rings. The summed E-state index contributed by atoms with van der Waals surface area (Å²) < 4.78 is 40.2. The van der Waals surface area contributed by atoms with Gasteiger partial charge in [0.2, 0.25) is 10.0 Å². The Morgan fingerprint density at radius 2 is 1.95 bits per heavy atom. The molecule has 2 rings (SSSR count). The largest absolute Gasteiger partial charge is 0.241 e. The molecule has 108 valence electrons. The first-order chi connectivity index (χ1) is 9.42. The number of benzene rings is 1. The fourth-order valence-electron chi connectivity index (χ4n) is 1.60. The fourth-order valence-corrected chi connectivity index (χ4v) is 3.85. The van der Waals surface area contributed by atoms with E-state index < -0.39 is 15.8 Å². The van der Waals surface area contributed by atoms with Crippen molar-refractivity contribution in [2.24, 2.45) is 0 Å². The fraction of sp³-hybridized carbons (Fsp3) is 0.231. The molecule has 0 amide bonds. The van der Waals surface area contributed by atoms with Gasteiger partial charge in [0.15, 0.2) is 0 Å². The van der Waals surface area contributed by atoms with Gasteiger partial charge < -0.3 is 0 Å². The van der Waals surface area contributed by atoms with Gasteiger partial charge in [-0.15, -0.1) is 11.3 Å². The Hall–Kier alpha value is -0.760. The number of sulfonamides is 1. The molecule has 0 aliphatic heterocycles. The van der Waals surface area contributed by atoms with Crippen LogP contribution in [0.5, 0.6) is 0 Å². The van der Waals surface area contributed by atoms with Gasteiger partial charge in [0.25, 0.3) is 0 Å². The van der Waals surface area contributed by atoms with E-state index in [1.54, 1.807) is 11.3 Å². The molecule has 1 N–H and O–H groups in total. The molecule has 0 fully saturated rings. The standard InChI is InChI=1S/C13H13BrFNO2S2/c1-2-9-3-4-10(19-9)8-16-20(17,18)11-5-6-12(14)13(15)7-11/h3-7,16H,2,8H2,1H3. The Labute approximate surface area is 130 Å². The van der Waals surface area contributed by atoms with E-state index in [4.69, 9.17) is 0 Å². The van der Waals surface area contributed by atoms with E-state index in [1.165, 1.54) is 17.0 Å². The number of hydrogen-bond donors (Lipinski definition) is 1. The minimum Gasteiger partial charge on any atom is -0.207 e. The molecule has 3 nitrogen and oxygen atoms in total. The van der Waals surface area contributed by atoms with Crippen molar-refractivity contribution in [1.82, 2.24) is 4.72 Å². The summed E-state index contributed by atoms with van der Waals surface area (Å²) in [5.41, 5.74) is 0. The summed E-state index contributed by atoms with van der Waals surface area (Å²) in [6.45, 7) is 2.26. The predicted molar refractivity (Wildman–Crippen MR) is 81.8 cm³/mol. The smallest absolute Gasteiger partial charge is 0.207 e. The zero-order valence-corrected chi connectivity index (χ0v) is 13.9. The third kappa shape index (κ3) is 3.66. The molecule has 0 aliphatic carbocycles. The minimum absolute atomic E-state index is 0.0783. The minimum atomic E-state index is -3.70. The average molecular weight is 378 g/mol. The summed E-state index contributed by atoms with van der Waals surface area (Å²) in [6, 6.07) is 7.62. The second kappa shape index (κ2) is 6.34. The van der Waals surface area contributed by atoms with Gasteiger partial charge >= 0.3 is 0 Å². The van der Waals surface area contributed by atoms with Crippen molar-refractivity contribution < 1.29 is 12.8 Å². The highest BCUT2D eigenvalue weighted by Crippen LogP contribution is 2.20. The Kier molecular flexibility index (Phi) is 4.95. The molecule has 2 aromatic rings. The maximum absolute atomic E-state index is 13.4. The number of halogens is 2. The van der Waals surface area contributed by atoms with Crippen LogP contribution >= 0.6 is 27.3 Å². The summed E-state index contributed by atoms with van der Waals surface area (Å²) in [4.78, 5) is 2.06. The van der Waals surface area contributed by atoms with Crippen LogP contribution in [0.2, 0.25) is 0 Å². The first-order valence-electron chi connectivity index (χ1n) is 5.94. The van der Waals surface area contributed by atoms with Gasteiger partial charge in [0.05, 0.1) is 9.37 Å². The Balaban J connectivity index is 2.12. The van der Waals surface area contributed by atoms with Crippen LogP contribution in [0, 0.1) is 5.82 Å². The van der Waals surface area contributed by atoms with Gasteiger partial charge in [-0.25, -0.2) is 17.5 Å². The normalized spacial score (nSPS) is 11.8. The van der Waals surface area contributed by atoms with Crippen LogP contribution in [0.1, 0.15) is 16.7 Å². The lowest BCUT2D eigenvalue weighted by Gasteiger charge is -2.06. The molecule has 0 radical (unpaired) electrons. The molecule has 1 heterocycles. The zero-order valence-electron chi connectivity index (χ0n) is 10.7. The molecule has 20 heavy (non-hydrogen) atoms. The molecular weight excluding hydrogens is 365 g/mol. The molecule has 1 aromatic carbocycles. The predicted octanol–water partition coefficient (Wildman–Crippen LogP) is 3.69. The summed E-state index contributed by atoms with van der Waals surface area (Å²) in [6.07, 6.45) is 0.926. The van der Waals surface area contributed by atoms with E-state index in [9.17, 15) is 12.8 Å². The molecule has 0 spiro atoms. The number of rotatable bonds is 5. The van der Waals surface area contributed by atoms with Crippen LogP contribution in [0.4, 0.5) is 4.39 Å². The van der Waals surface area contributed by atoms with Crippen molar-refractivity contribution in [3.8, 4) is 0 Å². The third-order valence-electron chi connectivity index (χ3n) is 2.70. The highest BCUT2D eigenvalue weighted by atomic mass is 79.9. The summed E-state index contributed by atoms with van der Waals surface area (Å²) in [7, 11) is -3.70. The number of nitrogens with one attached hydrogen (secondary N) is 1. The number of hydrogen-bond acceptors (Lipinski definition) is 3. The van der Waals surface area contributed by atoms with E-state index in [1.807, 2.05) is 19.1 Å². The first kappa shape index (κ1) is 15.6. The van der Waals surface area contributed by atoms with Crippen molar-refractivity contribution in [3.63, 3.8) is 0 Å². The van der Waals surface area contributed by atoms with Crippen molar-refractivity contribution in [2.45, 2.75) is 24.8 Å². The number of aryl methyl sites for hydroxylation is 1. The highest BCUT2D eigenvalue weighted by molar-refractivity contribution is 9.10. The summed E-state index contributed by atoms with van der Waals surface area (Å²) >= 11 is 4.56. The maximum Gasteiger partial charge on any atom is 0.241 e. The number of thiophene rings is 1. The van der Waals surface area contributed by atoms with Crippen LogP contribution in [-0.4, -0.2) is 8.42 Å². The quantitative estimate of drug-likeness (QED) is 0.863. The van der Waals surface area contributed by atoms with Crippen molar-refractivity contribution in [1.29, 1.82) is 0 Å². The Morgan fingerprint density at radius 1 is 1.25 bits per heavy atom.